The summed E-state index contributed by atoms with van der Waals surface area (Å²) in [6.45, 7) is 3.39. The van der Waals surface area contributed by atoms with E-state index in [0.717, 1.165) is 29.9 Å². The number of nitrogens with one attached hydrogen (secondary N) is 2. The van der Waals surface area contributed by atoms with Gasteiger partial charge in [-0.05, 0) is 6.42 Å². The monoisotopic (exact) mass is 180 g/mol. The number of aromatic carboxylic acids is 1. The Balaban J connectivity index is 2.55. The van der Waals surface area contributed by atoms with Crippen LogP contribution >= 0.6 is 0 Å². The third kappa shape index (κ3) is 1.14. The maximum atomic E-state index is 11.0. The van der Waals surface area contributed by atoms with E-state index in [1.165, 1.54) is 0 Å². The zero-order chi connectivity index (χ0) is 9.42. The average Bonchev–Trinajstić information content (AvgIpc) is 2.59. The summed E-state index contributed by atoms with van der Waals surface area (Å²) < 4.78 is 0. The van der Waals surface area contributed by atoms with Gasteiger partial charge in [0, 0.05) is 30.0 Å². The average molecular weight is 180 g/mol. The number of aryl methyl sites for hydroxylation is 1. The summed E-state index contributed by atoms with van der Waals surface area (Å²) in [6.07, 6.45) is 0.745. The van der Waals surface area contributed by atoms with E-state index in [-0.39, 0.29) is 0 Å². The van der Waals surface area contributed by atoms with E-state index < -0.39 is 5.97 Å². The maximum absolute atomic E-state index is 11.0. The van der Waals surface area contributed by atoms with Crippen molar-refractivity contribution in [1.82, 2.24) is 10.3 Å². The molecule has 0 saturated heterocycles. The molecule has 13 heavy (non-hydrogen) atoms. The zero-order valence-electron chi connectivity index (χ0n) is 7.48. The second-order valence-electron chi connectivity index (χ2n) is 3.20. The Bertz CT molecular complexity index is 355. The molecule has 0 aliphatic carbocycles. The second-order valence-corrected chi connectivity index (χ2v) is 3.20. The van der Waals surface area contributed by atoms with Crippen molar-refractivity contribution < 1.29 is 9.90 Å². The van der Waals surface area contributed by atoms with Crippen LogP contribution in [0.2, 0.25) is 0 Å². The Hall–Kier alpha value is -1.29. The van der Waals surface area contributed by atoms with E-state index in [1.807, 2.05) is 6.92 Å². The number of carbonyl (C=O) groups is 1. The minimum absolute atomic E-state index is 0.475. The van der Waals surface area contributed by atoms with E-state index in [0.29, 0.717) is 12.1 Å². The van der Waals surface area contributed by atoms with Crippen LogP contribution < -0.4 is 5.32 Å². The van der Waals surface area contributed by atoms with Crippen LogP contribution in [0.15, 0.2) is 0 Å². The molecule has 0 spiro atoms. The molecule has 70 valence electrons. The molecule has 2 heterocycles. The molecule has 1 aliphatic rings. The molecule has 1 aromatic heterocycles. The lowest BCUT2D eigenvalue weighted by atomic mass is 10.1. The molecule has 4 nitrogen and oxygen atoms in total. The van der Waals surface area contributed by atoms with E-state index in [4.69, 9.17) is 5.11 Å². The summed E-state index contributed by atoms with van der Waals surface area (Å²) >= 11 is 0. The van der Waals surface area contributed by atoms with Crippen LogP contribution in [-0.4, -0.2) is 16.1 Å². The van der Waals surface area contributed by atoms with Gasteiger partial charge in [-0.3, -0.25) is 0 Å². The fourth-order valence-electron chi connectivity index (χ4n) is 1.83. The van der Waals surface area contributed by atoms with Crippen LogP contribution in [0.5, 0.6) is 0 Å². The molecule has 0 bridgehead atoms. The first kappa shape index (κ1) is 8.31. The summed E-state index contributed by atoms with van der Waals surface area (Å²) in [7, 11) is 0. The Morgan fingerprint density at radius 3 is 2.92 bits per heavy atom. The molecule has 1 aromatic rings. The first-order valence-electron chi connectivity index (χ1n) is 4.40. The summed E-state index contributed by atoms with van der Waals surface area (Å²) in [6, 6.07) is 0. The lowest BCUT2D eigenvalue weighted by Crippen LogP contribution is -2.07. The third-order valence-corrected chi connectivity index (χ3v) is 2.44. The summed E-state index contributed by atoms with van der Waals surface area (Å²) in [5, 5.41) is 12.1. The normalized spacial score (nSPS) is 14.5. The van der Waals surface area contributed by atoms with E-state index in [1.54, 1.807) is 0 Å². The number of hydrogen-bond donors (Lipinski definition) is 3. The Kier molecular flexibility index (Phi) is 1.84. The van der Waals surface area contributed by atoms with Gasteiger partial charge in [-0.15, -0.1) is 0 Å². The van der Waals surface area contributed by atoms with Crippen LogP contribution in [0.4, 0.5) is 0 Å². The van der Waals surface area contributed by atoms with Crippen LogP contribution in [-0.2, 0) is 19.5 Å². The summed E-state index contributed by atoms with van der Waals surface area (Å²) in [5.41, 5.74) is 3.29. The van der Waals surface area contributed by atoms with Gasteiger partial charge in [-0.2, -0.15) is 0 Å². The number of rotatable bonds is 2. The van der Waals surface area contributed by atoms with Crippen molar-refractivity contribution in [2.75, 3.05) is 0 Å². The standard InChI is InChI=1S/C9H12N2O2/c1-2-6-8(9(12)13)5-3-10-4-7(5)11-6/h10-11H,2-4H2,1H3,(H,12,13). The molecule has 1 aliphatic heterocycles. The number of hydrogen-bond acceptors (Lipinski definition) is 2. The van der Waals surface area contributed by atoms with Gasteiger partial charge < -0.3 is 15.4 Å². The van der Waals surface area contributed by atoms with Crippen molar-refractivity contribution in [3.05, 3.63) is 22.5 Å². The molecular formula is C9H12N2O2. The Labute approximate surface area is 76.0 Å². The molecular weight excluding hydrogens is 168 g/mol. The molecule has 0 amide bonds. The number of carboxylic acid groups (broad SMARTS) is 1. The van der Waals surface area contributed by atoms with E-state index in [2.05, 4.69) is 10.3 Å². The highest BCUT2D eigenvalue weighted by molar-refractivity contribution is 5.91. The first-order valence-corrected chi connectivity index (χ1v) is 4.40. The predicted molar refractivity (Wildman–Crippen MR) is 47.7 cm³/mol. The highest BCUT2D eigenvalue weighted by Gasteiger charge is 2.24. The van der Waals surface area contributed by atoms with Gasteiger partial charge in [0.05, 0.1) is 5.56 Å². The van der Waals surface area contributed by atoms with Gasteiger partial charge in [0.15, 0.2) is 0 Å². The van der Waals surface area contributed by atoms with Crippen molar-refractivity contribution in [2.24, 2.45) is 0 Å². The van der Waals surface area contributed by atoms with Gasteiger partial charge in [-0.1, -0.05) is 6.92 Å². The molecule has 0 unspecified atom stereocenters. The van der Waals surface area contributed by atoms with Gasteiger partial charge in [0.1, 0.15) is 0 Å². The molecule has 4 heteroatoms. The number of H-pyrrole nitrogens is 1. The van der Waals surface area contributed by atoms with Crippen LogP contribution in [0.1, 0.15) is 34.2 Å². The SMILES string of the molecule is CCc1[nH]c2c(c1C(=O)O)CNC2. The summed E-state index contributed by atoms with van der Waals surface area (Å²) in [5.74, 6) is -0.821. The summed E-state index contributed by atoms with van der Waals surface area (Å²) in [4.78, 5) is 14.1. The zero-order valence-corrected chi connectivity index (χ0v) is 7.48. The fraction of sp³-hybridized carbons (Fsp3) is 0.444. The second kappa shape index (κ2) is 2.88. The fourth-order valence-corrected chi connectivity index (χ4v) is 1.83. The number of carboxylic acids is 1. The number of fused-ring (bicyclic) bond motifs is 1. The van der Waals surface area contributed by atoms with E-state index in [9.17, 15) is 4.79 Å². The molecule has 2 rings (SSSR count). The van der Waals surface area contributed by atoms with Gasteiger partial charge in [0.2, 0.25) is 0 Å². The molecule has 0 fully saturated rings. The topological polar surface area (TPSA) is 65.1 Å². The lowest BCUT2D eigenvalue weighted by Gasteiger charge is -1.98. The van der Waals surface area contributed by atoms with Crippen molar-refractivity contribution in [1.29, 1.82) is 0 Å². The van der Waals surface area contributed by atoms with Gasteiger partial charge in [-0.25, -0.2) is 4.79 Å². The quantitative estimate of drug-likeness (QED) is 0.633. The highest BCUT2D eigenvalue weighted by atomic mass is 16.4. The molecule has 0 saturated carbocycles. The molecule has 0 aromatic carbocycles. The van der Waals surface area contributed by atoms with Crippen molar-refractivity contribution in [2.45, 2.75) is 26.4 Å². The van der Waals surface area contributed by atoms with Gasteiger partial charge in [0.25, 0.3) is 0 Å². The predicted octanol–water partition coefficient (Wildman–Crippen LogP) is 0.879. The lowest BCUT2D eigenvalue weighted by molar-refractivity contribution is 0.0695. The van der Waals surface area contributed by atoms with Crippen LogP contribution in [0.3, 0.4) is 0 Å². The molecule has 0 atom stereocenters. The smallest absolute Gasteiger partial charge is 0.337 e. The third-order valence-electron chi connectivity index (χ3n) is 2.44. The van der Waals surface area contributed by atoms with Crippen molar-refractivity contribution >= 4 is 5.97 Å². The van der Waals surface area contributed by atoms with Crippen molar-refractivity contribution in [3.63, 3.8) is 0 Å². The minimum Gasteiger partial charge on any atom is -0.478 e. The Morgan fingerprint density at radius 1 is 1.54 bits per heavy atom. The van der Waals surface area contributed by atoms with Crippen molar-refractivity contribution in [3.8, 4) is 0 Å². The highest BCUT2D eigenvalue weighted by Crippen LogP contribution is 2.23. The number of aromatic nitrogens is 1. The molecule has 3 N–H and O–H groups in total. The minimum atomic E-state index is -0.821. The van der Waals surface area contributed by atoms with Crippen LogP contribution in [0.25, 0.3) is 0 Å². The first-order chi connectivity index (χ1) is 6.24. The maximum Gasteiger partial charge on any atom is 0.337 e. The Morgan fingerprint density at radius 2 is 2.31 bits per heavy atom. The molecule has 0 radical (unpaired) electrons. The van der Waals surface area contributed by atoms with E-state index >= 15 is 0 Å². The van der Waals surface area contributed by atoms with Crippen LogP contribution in [0, 0.1) is 0 Å². The number of aromatic amines is 1. The largest absolute Gasteiger partial charge is 0.478 e. The van der Waals surface area contributed by atoms with Gasteiger partial charge >= 0.3 is 5.97 Å².